The van der Waals surface area contributed by atoms with E-state index in [9.17, 15) is 18.4 Å². The lowest BCUT2D eigenvalue weighted by Gasteiger charge is -2.14. The highest BCUT2D eigenvalue weighted by Gasteiger charge is 2.32. The molecular formula is C14H11Cl2F3N4. The normalized spacial score (nSPS) is 11.5. The zero-order valence-corrected chi connectivity index (χ0v) is 13.4. The molecule has 0 fully saturated rings. The summed E-state index contributed by atoms with van der Waals surface area (Å²) in [7, 11) is 0. The Morgan fingerprint density at radius 2 is 1.87 bits per heavy atom. The van der Waals surface area contributed by atoms with Gasteiger partial charge in [0.2, 0.25) is 0 Å². The number of benzene rings is 1. The summed E-state index contributed by atoms with van der Waals surface area (Å²) < 4.78 is 39.6. The molecule has 0 atom stereocenters. The van der Waals surface area contributed by atoms with Gasteiger partial charge in [0, 0.05) is 0 Å². The van der Waals surface area contributed by atoms with Gasteiger partial charge in [0.05, 0.1) is 21.3 Å². The van der Waals surface area contributed by atoms with E-state index in [2.05, 4.69) is 5.10 Å². The lowest BCUT2D eigenvalue weighted by atomic mass is 10.1. The molecule has 0 amide bonds. The molecule has 0 aliphatic carbocycles. The maximum absolute atomic E-state index is 12.8. The lowest BCUT2D eigenvalue weighted by molar-refractivity contribution is -0.137. The van der Waals surface area contributed by atoms with E-state index in [1.807, 2.05) is 13.0 Å². The molecule has 0 bridgehead atoms. The third-order valence-electron chi connectivity index (χ3n) is 3.16. The van der Waals surface area contributed by atoms with E-state index in [0.29, 0.717) is 18.5 Å². The van der Waals surface area contributed by atoms with Crippen molar-refractivity contribution in [2.45, 2.75) is 25.9 Å². The molecule has 1 aromatic heterocycles. The van der Waals surface area contributed by atoms with Crippen LogP contribution in [0.3, 0.4) is 0 Å². The van der Waals surface area contributed by atoms with Gasteiger partial charge in [0.1, 0.15) is 17.3 Å². The van der Waals surface area contributed by atoms with E-state index in [4.69, 9.17) is 28.9 Å². The van der Waals surface area contributed by atoms with Gasteiger partial charge in [-0.05, 0) is 18.6 Å². The van der Waals surface area contributed by atoms with Crippen molar-refractivity contribution in [1.82, 2.24) is 9.78 Å². The Morgan fingerprint density at radius 3 is 2.30 bits per heavy atom. The maximum Gasteiger partial charge on any atom is 0.416 e. The van der Waals surface area contributed by atoms with Crippen LogP contribution in [0.15, 0.2) is 12.1 Å². The van der Waals surface area contributed by atoms with Crippen LogP contribution in [-0.2, 0) is 12.6 Å². The number of alkyl halides is 3. The predicted molar refractivity (Wildman–Crippen MR) is 81.7 cm³/mol. The van der Waals surface area contributed by atoms with Crippen LogP contribution in [0.25, 0.3) is 5.69 Å². The van der Waals surface area contributed by atoms with Gasteiger partial charge in [-0.15, -0.1) is 5.10 Å². The van der Waals surface area contributed by atoms with Gasteiger partial charge >= 0.3 is 6.18 Å². The minimum absolute atomic E-state index is 0.0250. The summed E-state index contributed by atoms with van der Waals surface area (Å²) in [6, 6.07) is 3.47. The van der Waals surface area contributed by atoms with Crippen LogP contribution in [0.2, 0.25) is 10.0 Å². The number of nitrogen functional groups attached to an aromatic ring is 1. The molecule has 4 nitrogen and oxygen atoms in total. The molecule has 122 valence electrons. The second-order valence-electron chi connectivity index (χ2n) is 4.77. The first-order chi connectivity index (χ1) is 10.7. The van der Waals surface area contributed by atoms with Gasteiger partial charge in [-0.25, -0.2) is 4.68 Å². The maximum atomic E-state index is 12.8. The lowest BCUT2D eigenvalue weighted by Crippen LogP contribution is -2.09. The fourth-order valence-corrected chi connectivity index (χ4v) is 2.82. The van der Waals surface area contributed by atoms with Crippen LogP contribution < -0.4 is 5.73 Å². The van der Waals surface area contributed by atoms with Crippen molar-refractivity contribution in [3.8, 4) is 11.8 Å². The average Bonchev–Trinajstić information content (AvgIpc) is 2.73. The summed E-state index contributed by atoms with van der Waals surface area (Å²) in [5.41, 5.74) is 5.42. The van der Waals surface area contributed by atoms with Crippen molar-refractivity contribution < 1.29 is 13.2 Å². The fraction of sp³-hybridized carbons (Fsp3) is 0.286. The minimum atomic E-state index is -4.57. The Bertz CT molecular complexity index is 768. The molecule has 1 aromatic carbocycles. The Kier molecular flexibility index (Phi) is 4.78. The third-order valence-corrected chi connectivity index (χ3v) is 3.74. The van der Waals surface area contributed by atoms with Crippen LogP contribution in [0.4, 0.5) is 19.0 Å². The second kappa shape index (κ2) is 6.30. The Balaban J connectivity index is 2.71. The number of halogens is 5. The van der Waals surface area contributed by atoms with E-state index in [1.54, 1.807) is 0 Å². The zero-order valence-electron chi connectivity index (χ0n) is 11.9. The van der Waals surface area contributed by atoms with Gasteiger partial charge in [0.25, 0.3) is 0 Å². The van der Waals surface area contributed by atoms with Crippen LogP contribution in [0.1, 0.15) is 30.2 Å². The topological polar surface area (TPSA) is 67.6 Å². The molecule has 0 aliphatic heterocycles. The largest absolute Gasteiger partial charge is 0.416 e. The fourth-order valence-electron chi connectivity index (χ4n) is 2.18. The molecule has 0 saturated heterocycles. The number of aromatic nitrogens is 2. The van der Waals surface area contributed by atoms with E-state index in [-0.39, 0.29) is 27.1 Å². The highest BCUT2D eigenvalue weighted by Crippen LogP contribution is 2.38. The molecule has 0 unspecified atom stereocenters. The van der Waals surface area contributed by atoms with Crippen molar-refractivity contribution in [3.05, 3.63) is 39.0 Å². The first kappa shape index (κ1) is 17.4. The zero-order chi connectivity index (χ0) is 17.4. The summed E-state index contributed by atoms with van der Waals surface area (Å²) in [4.78, 5) is 0. The van der Waals surface area contributed by atoms with Crippen LogP contribution in [0, 0.1) is 11.3 Å². The van der Waals surface area contributed by atoms with Crippen molar-refractivity contribution in [1.29, 1.82) is 5.26 Å². The highest BCUT2D eigenvalue weighted by atomic mass is 35.5. The van der Waals surface area contributed by atoms with E-state index >= 15 is 0 Å². The number of anilines is 1. The van der Waals surface area contributed by atoms with Crippen molar-refractivity contribution in [2.75, 3.05) is 5.73 Å². The highest BCUT2D eigenvalue weighted by molar-refractivity contribution is 6.37. The quantitative estimate of drug-likeness (QED) is 0.866. The number of nitrogens with two attached hydrogens (primary N) is 1. The molecule has 1 heterocycles. The molecule has 9 heteroatoms. The summed E-state index contributed by atoms with van der Waals surface area (Å²) in [6.45, 7) is 1.88. The average molecular weight is 363 g/mol. The number of hydrogen-bond acceptors (Lipinski definition) is 3. The van der Waals surface area contributed by atoms with Crippen LogP contribution in [0.5, 0.6) is 0 Å². The number of rotatable bonds is 3. The summed E-state index contributed by atoms with van der Waals surface area (Å²) in [5.74, 6) is -0.0250. The number of hydrogen-bond donors (Lipinski definition) is 1. The third kappa shape index (κ3) is 3.23. The molecule has 2 rings (SSSR count). The molecule has 0 spiro atoms. The Labute approximate surface area is 140 Å². The Morgan fingerprint density at radius 1 is 1.30 bits per heavy atom. The number of nitriles is 1. The predicted octanol–water partition coefficient (Wildman–Crippen LogP) is 4.60. The molecular weight excluding hydrogens is 352 g/mol. The molecule has 0 saturated carbocycles. The summed E-state index contributed by atoms with van der Waals surface area (Å²) in [6.07, 6.45) is -3.45. The van der Waals surface area contributed by atoms with Crippen molar-refractivity contribution >= 4 is 29.0 Å². The number of nitrogens with zero attached hydrogens (tertiary/aromatic N) is 3. The standard InChI is InChI=1S/C14H11Cl2F3N4/c1-2-3-11-8(6-20)13(21)22-23(11)12-9(15)4-7(5-10(12)16)14(17,18)19/h4-5H,2-3H2,1H3,(H2,21,22). The Hall–Kier alpha value is -1.91. The molecule has 0 radical (unpaired) electrons. The van der Waals surface area contributed by atoms with Gasteiger partial charge in [-0.3, -0.25) is 0 Å². The molecule has 0 aliphatic rings. The first-order valence-corrected chi connectivity index (χ1v) is 7.30. The minimum Gasteiger partial charge on any atom is -0.381 e. The van der Waals surface area contributed by atoms with Gasteiger partial charge in [-0.1, -0.05) is 36.5 Å². The van der Waals surface area contributed by atoms with Crippen molar-refractivity contribution in [3.63, 3.8) is 0 Å². The smallest absolute Gasteiger partial charge is 0.381 e. The second-order valence-corrected chi connectivity index (χ2v) is 5.58. The van der Waals surface area contributed by atoms with Crippen LogP contribution in [-0.4, -0.2) is 9.78 Å². The van der Waals surface area contributed by atoms with Gasteiger partial charge in [0.15, 0.2) is 5.82 Å². The summed E-state index contributed by atoms with van der Waals surface area (Å²) in [5, 5.41) is 12.7. The van der Waals surface area contributed by atoms with E-state index < -0.39 is 11.7 Å². The van der Waals surface area contributed by atoms with E-state index in [1.165, 1.54) is 4.68 Å². The first-order valence-electron chi connectivity index (χ1n) is 6.54. The van der Waals surface area contributed by atoms with E-state index in [0.717, 1.165) is 12.1 Å². The van der Waals surface area contributed by atoms with Gasteiger partial charge in [-0.2, -0.15) is 18.4 Å². The van der Waals surface area contributed by atoms with Crippen LogP contribution >= 0.6 is 23.2 Å². The molecule has 23 heavy (non-hydrogen) atoms. The monoisotopic (exact) mass is 362 g/mol. The molecule has 2 aromatic rings. The van der Waals surface area contributed by atoms with Gasteiger partial charge < -0.3 is 5.73 Å². The summed E-state index contributed by atoms with van der Waals surface area (Å²) >= 11 is 12.0. The molecule has 2 N–H and O–H groups in total. The SMILES string of the molecule is CCCc1c(C#N)c(N)nn1-c1c(Cl)cc(C(F)(F)F)cc1Cl. The van der Waals surface area contributed by atoms with Crippen molar-refractivity contribution in [2.24, 2.45) is 0 Å².